The predicted octanol–water partition coefficient (Wildman–Crippen LogP) is 3.66. The van der Waals surface area contributed by atoms with E-state index in [9.17, 15) is 24.4 Å². The monoisotopic (exact) mass is 608 g/mol. The van der Waals surface area contributed by atoms with Gasteiger partial charge in [-0.15, -0.1) is 0 Å². The molecule has 3 N–H and O–H groups in total. The minimum Gasteiger partial charge on any atom is -0.466 e. The van der Waals surface area contributed by atoms with Gasteiger partial charge in [-0.25, -0.2) is 19.2 Å². The lowest BCUT2D eigenvalue weighted by Crippen LogP contribution is -2.41. The molecule has 12 nitrogen and oxygen atoms in total. The van der Waals surface area contributed by atoms with Crippen molar-refractivity contribution in [3.63, 3.8) is 0 Å². The summed E-state index contributed by atoms with van der Waals surface area (Å²) in [4.78, 5) is 52.9. The number of carbonyl (C=O) groups is 4. The Morgan fingerprint density at radius 1 is 1.00 bits per heavy atom. The van der Waals surface area contributed by atoms with Crippen molar-refractivity contribution in [1.82, 2.24) is 0 Å². The number of nitrogens with one attached hydrogen (secondary N) is 1. The van der Waals surface area contributed by atoms with Crippen molar-refractivity contribution in [2.24, 2.45) is 5.73 Å². The van der Waals surface area contributed by atoms with Gasteiger partial charge in [0.05, 0.1) is 61.9 Å². The standard InChI is InChI=1S/C30H29ClN4O8/c1-5-42-27(36)20(28(37)43-6-2)16-34-21-13-12-18(31)14-22(21)35-25(30(39)41-4)24(29(38)40-3)23(19(15-32)26(35)33)17-10-8-7-9-11-17/h7-14,16,23,34H,5-6,33H2,1-4H3. The maximum absolute atomic E-state index is 13.4. The lowest BCUT2D eigenvalue weighted by atomic mass is 9.81. The van der Waals surface area contributed by atoms with Gasteiger partial charge in [0.2, 0.25) is 0 Å². The first-order chi connectivity index (χ1) is 20.6. The molecule has 0 bridgehead atoms. The fourth-order valence-electron chi connectivity index (χ4n) is 4.34. The highest BCUT2D eigenvalue weighted by Gasteiger charge is 2.43. The summed E-state index contributed by atoms with van der Waals surface area (Å²) in [7, 11) is 2.25. The molecule has 3 rings (SSSR count). The Morgan fingerprint density at radius 2 is 1.60 bits per heavy atom. The number of nitrogens with two attached hydrogens (primary N) is 1. The molecule has 13 heteroatoms. The molecular formula is C30H29ClN4O8. The number of halogens is 1. The summed E-state index contributed by atoms with van der Waals surface area (Å²) in [6.07, 6.45) is 1.06. The minimum absolute atomic E-state index is 0.0000139. The maximum Gasteiger partial charge on any atom is 0.355 e. The van der Waals surface area contributed by atoms with E-state index < -0.39 is 35.4 Å². The van der Waals surface area contributed by atoms with Gasteiger partial charge < -0.3 is 30.0 Å². The Morgan fingerprint density at radius 3 is 2.14 bits per heavy atom. The molecule has 0 radical (unpaired) electrons. The van der Waals surface area contributed by atoms with Crippen molar-refractivity contribution in [1.29, 1.82) is 5.26 Å². The quantitative estimate of drug-likeness (QED) is 0.132. The molecule has 0 saturated heterocycles. The van der Waals surface area contributed by atoms with Gasteiger partial charge in [-0.2, -0.15) is 5.26 Å². The number of hydrogen-bond acceptors (Lipinski definition) is 12. The van der Waals surface area contributed by atoms with Gasteiger partial charge in [0.25, 0.3) is 0 Å². The molecule has 1 heterocycles. The fraction of sp³-hybridized carbons (Fsp3) is 0.233. The molecule has 0 aromatic heterocycles. The summed E-state index contributed by atoms with van der Waals surface area (Å²) in [5.41, 5.74) is 6.21. The number of esters is 4. The number of hydrogen-bond donors (Lipinski definition) is 2. The van der Waals surface area contributed by atoms with E-state index in [2.05, 4.69) is 11.4 Å². The molecule has 0 spiro atoms. The van der Waals surface area contributed by atoms with E-state index in [1.807, 2.05) is 0 Å². The Kier molecular flexibility index (Phi) is 10.9. The Labute approximate surface area is 252 Å². The normalized spacial score (nSPS) is 14.3. The fourth-order valence-corrected chi connectivity index (χ4v) is 4.51. The first-order valence-corrected chi connectivity index (χ1v) is 13.3. The topological polar surface area (TPSA) is 170 Å². The van der Waals surface area contributed by atoms with E-state index in [1.165, 1.54) is 18.2 Å². The molecule has 0 aliphatic carbocycles. The second kappa shape index (κ2) is 14.6. The van der Waals surface area contributed by atoms with Gasteiger partial charge in [0, 0.05) is 11.2 Å². The largest absolute Gasteiger partial charge is 0.466 e. The number of rotatable bonds is 10. The summed E-state index contributed by atoms with van der Waals surface area (Å²) >= 11 is 6.35. The average Bonchev–Trinajstić information content (AvgIpc) is 3.01. The third-order valence-electron chi connectivity index (χ3n) is 6.17. The number of methoxy groups -OCH3 is 2. The van der Waals surface area contributed by atoms with Crippen molar-refractivity contribution in [3.05, 3.63) is 93.6 Å². The molecule has 0 saturated carbocycles. The zero-order chi connectivity index (χ0) is 31.7. The lowest BCUT2D eigenvalue weighted by molar-refractivity contribution is -0.146. The Balaban J connectivity index is 2.35. The summed E-state index contributed by atoms with van der Waals surface area (Å²) in [6, 6.07) is 14.9. The van der Waals surface area contributed by atoms with Crippen molar-refractivity contribution in [2.75, 3.05) is 37.7 Å². The van der Waals surface area contributed by atoms with Crippen LogP contribution in [0.4, 0.5) is 11.4 Å². The van der Waals surface area contributed by atoms with Gasteiger partial charge in [0.15, 0.2) is 5.57 Å². The van der Waals surface area contributed by atoms with Crippen molar-refractivity contribution < 1.29 is 38.1 Å². The molecule has 1 aliphatic heterocycles. The van der Waals surface area contributed by atoms with Crippen LogP contribution in [0.5, 0.6) is 0 Å². The van der Waals surface area contributed by atoms with Gasteiger partial charge in [-0.05, 0) is 37.6 Å². The van der Waals surface area contributed by atoms with Crippen LogP contribution in [0.2, 0.25) is 5.02 Å². The molecule has 224 valence electrons. The smallest absolute Gasteiger partial charge is 0.355 e. The number of nitriles is 1. The van der Waals surface area contributed by atoms with Crippen LogP contribution in [-0.4, -0.2) is 51.3 Å². The van der Waals surface area contributed by atoms with E-state index in [4.69, 9.17) is 36.3 Å². The number of nitrogens with zero attached hydrogens (tertiary/aromatic N) is 2. The summed E-state index contributed by atoms with van der Waals surface area (Å²) in [6.45, 7) is 3.15. The van der Waals surface area contributed by atoms with Gasteiger partial charge in [-0.3, -0.25) is 4.90 Å². The summed E-state index contributed by atoms with van der Waals surface area (Å²) in [5, 5.41) is 13.3. The molecule has 2 aromatic carbocycles. The number of carbonyl (C=O) groups excluding carboxylic acids is 4. The van der Waals surface area contributed by atoms with Gasteiger partial charge in [-0.1, -0.05) is 41.9 Å². The second-order valence-corrected chi connectivity index (χ2v) is 9.08. The van der Waals surface area contributed by atoms with Crippen LogP contribution in [0, 0.1) is 11.3 Å². The van der Waals surface area contributed by atoms with E-state index in [-0.39, 0.29) is 52.3 Å². The van der Waals surface area contributed by atoms with Crippen molar-refractivity contribution in [3.8, 4) is 6.07 Å². The van der Waals surface area contributed by atoms with E-state index >= 15 is 0 Å². The zero-order valence-electron chi connectivity index (χ0n) is 23.8. The van der Waals surface area contributed by atoms with Crippen LogP contribution in [-0.2, 0) is 38.1 Å². The zero-order valence-corrected chi connectivity index (χ0v) is 24.6. The average molecular weight is 609 g/mol. The number of anilines is 2. The van der Waals surface area contributed by atoms with Crippen LogP contribution in [0.25, 0.3) is 0 Å². The third kappa shape index (κ3) is 6.79. The lowest BCUT2D eigenvalue weighted by Gasteiger charge is -2.36. The molecule has 0 fully saturated rings. The number of benzene rings is 2. The molecule has 0 amide bonds. The predicted molar refractivity (Wildman–Crippen MR) is 156 cm³/mol. The van der Waals surface area contributed by atoms with Crippen LogP contribution >= 0.6 is 11.6 Å². The molecule has 2 aromatic rings. The highest BCUT2D eigenvalue weighted by molar-refractivity contribution is 6.31. The first-order valence-electron chi connectivity index (χ1n) is 12.9. The first kappa shape index (κ1) is 32.2. The minimum atomic E-state index is -1.08. The summed E-state index contributed by atoms with van der Waals surface area (Å²) < 4.78 is 20.1. The van der Waals surface area contributed by atoms with Gasteiger partial charge >= 0.3 is 23.9 Å². The third-order valence-corrected chi connectivity index (χ3v) is 6.41. The van der Waals surface area contributed by atoms with Crippen LogP contribution < -0.4 is 16.0 Å². The van der Waals surface area contributed by atoms with E-state index in [1.54, 1.807) is 44.2 Å². The van der Waals surface area contributed by atoms with Crippen LogP contribution in [0.3, 0.4) is 0 Å². The van der Waals surface area contributed by atoms with Crippen molar-refractivity contribution in [2.45, 2.75) is 19.8 Å². The molecule has 1 aliphatic rings. The molecule has 43 heavy (non-hydrogen) atoms. The van der Waals surface area contributed by atoms with Crippen LogP contribution in [0.1, 0.15) is 25.3 Å². The van der Waals surface area contributed by atoms with E-state index in [0.29, 0.717) is 5.56 Å². The maximum atomic E-state index is 13.4. The van der Waals surface area contributed by atoms with Crippen LogP contribution in [0.15, 0.2) is 83.0 Å². The second-order valence-electron chi connectivity index (χ2n) is 8.64. The van der Waals surface area contributed by atoms with Crippen molar-refractivity contribution >= 4 is 46.9 Å². The molecule has 1 unspecified atom stereocenters. The van der Waals surface area contributed by atoms with Gasteiger partial charge in [0.1, 0.15) is 11.5 Å². The number of ether oxygens (including phenoxy) is 4. The Hall–Kier alpha value is -5.28. The SMILES string of the molecule is CCOC(=O)C(=CNc1ccc(Cl)cc1N1C(N)=C(C#N)C(c2ccccc2)C(C(=O)OC)=C1C(=O)OC)C(=O)OCC. The highest BCUT2D eigenvalue weighted by Crippen LogP contribution is 2.45. The molecular weight excluding hydrogens is 580 g/mol. The number of allylic oxidation sites excluding steroid dienone is 1. The van der Waals surface area contributed by atoms with E-state index in [0.717, 1.165) is 25.3 Å². The highest BCUT2D eigenvalue weighted by atomic mass is 35.5. The Bertz CT molecular complexity index is 1540. The molecule has 1 atom stereocenters. The summed E-state index contributed by atoms with van der Waals surface area (Å²) in [5.74, 6) is -5.07.